The highest BCUT2D eigenvalue weighted by molar-refractivity contribution is 7.80. The maximum Gasteiger partial charge on any atom is 0.416 e. The molecule has 0 atom stereocenters. The molecule has 1 heterocycles. The van der Waals surface area contributed by atoms with Gasteiger partial charge in [0.05, 0.1) is 12.2 Å². The van der Waals surface area contributed by atoms with Crippen LogP contribution in [0.1, 0.15) is 18.4 Å². The van der Waals surface area contributed by atoms with Crippen LogP contribution >= 0.6 is 12.6 Å². The lowest BCUT2D eigenvalue weighted by molar-refractivity contribution is -0.137. The first-order valence-corrected chi connectivity index (χ1v) is 7.07. The first kappa shape index (κ1) is 15.5. The van der Waals surface area contributed by atoms with Gasteiger partial charge in [0.2, 0.25) is 0 Å². The Kier molecular flexibility index (Phi) is 4.86. The van der Waals surface area contributed by atoms with Gasteiger partial charge in [0, 0.05) is 18.6 Å². The van der Waals surface area contributed by atoms with Crippen molar-refractivity contribution >= 4 is 12.6 Å². The van der Waals surface area contributed by atoms with Crippen LogP contribution < -0.4 is 4.74 Å². The van der Waals surface area contributed by atoms with Gasteiger partial charge < -0.3 is 9.47 Å². The van der Waals surface area contributed by atoms with Crippen LogP contribution in [0.2, 0.25) is 0 Å². The van der Waals surface area contributed by atoms with Crippen LogP contribution in [0, 0.1) is 5.41 Å². The average molecular weight is 306 g/mol. The number of ether oxygens (including phenoxy) is 2. The van der Waals surface area contributed by atoms with Crippen molar-refractivity contribution in [2.75, 3.05) is 25.6 Å². The van der Waals surface area contributed by atoms with E-state index in [-0.39, 0.29) is 5.41 Å². The number of hydrogen-bond donors (Lipinski definition) is 1. The Morgan fingerprint density at radius 1 is 1.15 bits per heavy atom. The molecule has 0 radical (unpaired) electrons. The largest absolute Gasteiger partial charge is 0.493 e. The minimum atomic E-state index is -4.31. The second-order valence-electron chi connectivity index (χ2n) is 5.08. The lowest BCUT2D eigenvalue weighted by atomic mass is 9.83. The Morgan fingerprint density at radius 2 is 1.75 bits per heavy atom. The van der Waals surface area contributed by atoms with Crippen LogP contribution in [0.25, 0.3) is 0 Å². The fourth-order valence-electron chi connectivity index (χ4n) is 2.13. The van der Waals surface area contributed by atoms with E-state index in [2.05, 4.69) is 12.6 Å². The molecular formula is C14H17F3O2S. The monoisotopic (exact) mass is 306 g/mol. The Labute approximate surface area is 121 Å². The third kappa shape index (κ3) is 3.82. The van der Waals surface area contributed by atoms with Crippen LogP contribution in [0.4, 0.5) is 13.2 Å². The van der Waals surface area contributed by atoms with Crippen molar-refractivity contribution in [2.45, 2.75) is 19.0 Å². The highest BCUT2D eigenvalue weighted by Gasteiger charge is 2.33. The zero-order valence-electron chi connectivity index (χ0n) is 10.9. The number of halogens is 3. The van der Waals surface area contributed by atoms with Crippen LogP contribution in [0.5, 0.6) is 5.75 Å². The molecule has 2 rings (SSSR count). The number of alkyl halides is 3. The van der Waals surface area contributed by atoms with Crippen molar-refractivity contribution in [1.82, 2.24) is 0 Å². The third-order valence-corrected chi connectivity index (χ3v) is 4.29. The standard InChI is InChI=1S/C14H17F3O2S/c15-14(16,17)11-1-3-12(4-2-11)19-9-13(10-20)5-7-18-8-6-13/h1-4,20H,5-10H2. The lowest BCUT2D eigenvalue weighted by Crippen LogP contribution is -2.36. The summed E-state index contributed by atoms with van der Waals surface area (Å²) in [7, 11) is 0. The summed E-state index contributed by atoms with van der Waals surface area (Å²) in [5, 5.41) is 0. The summed E-state index contributed by atoms with van der Waals surface area (Å²) in [4.78, 5) is 0. The smallest absolute Gasteiger partial charge is 0.416 e. The van der Waals surface area contributed by atoms with E-state index in [9.17, 15) is 13.2 Å². The Bertz CT molecular complexity index is 425. The quantitative estimate of drug-likeness (QED) is 0.853. The predicted molar refractivity (Wildman–Crippen MR) is 73.3 cm³/mol. The fourth-order valence-corrected chi connectivity index (χ4v) is 2.54. The van der Waals surface area contributed by atoms with E-state index in [1.165, 1.54) is 12.1 Å². The summed E-state index contributed by atoms with van der Waals surface area (Å²) >= 11 is 4.37. The number of hydrogen-bond acceptors (Lipinski definition) is 3. The summed E-state index contributed by atoms with van der Waals surface area (Å²) in [5.41, 5.74) is -0.718. The van der Waals surface area contributed by atoms with Crippen LogP contribution in [-0.2, 0) is 10.9 Å². The molecule has 20 heavy (non-hydrogen) atoms. The zero-order valence-corrected chi connectivity index (χ0v) is 11.8. The maximum absolute atomic E-state index is 12.4. The van der Waals surface area contributed by atoms with Gasteiger partial charge in [0.15, 0.2) is 0 Å². The molecule has 0 unspecified atom stereocenters. The Balaban J connectivity index is 1.96. The van der Waals surface area contributed by atoms with E-state index in [0.717, 1.165) is 25.0 Å². The molecule has 0 saturated carbocycles. The highest BCUT2D eigenvalue weighted by atomic mass is 32.1. The second-order valence-corrected chi connectivity index (χ2v) is 5.40. The maximum atomic E-state index is 12.4. The molecule has 1 aromatic rings. The molecule has 0 aliphatic carbocycles. The predicted octanol–water partition coefficient (Wildman–Crippen LogP) is 3.81. The van der Waals surface area contributed by atoms with Gasteiger partial charge >= 0.3 is 6.18 Å². The molecule has 1 aliphatic heterocycles. The minimum Gasteiger partial charge on any atom is -0.493 e. The number of rotatable bonds is 4. The molecule has 0 N–H and O–H groups in total. The van der Waals surface area contributed by atoms with Gasteiger partial charge in [-0.3, -0.25) is 0 Å². The fraction of sp³-hybridized carbons (Fsp3) is 0.571. The molecule has 0 bridgehead atoms. The molecule has 2 nitrogen and oxygen atoms in total. The minimum absolute atomic E-state index is 0.0515. The van der Waals surface area contributed by atoms with E-state index in [1.54, 1.807) is 0 Å². The van der Waals surface area contributed by atoms with Crippen molar-refractivity contribution in [3.05, 3.63) is 29.8 Å². The van der Waals surface area contributed by atoms with Crippen LogP contribution in [0.15, 0.2) is 24.3 Å². The molecule has 1 saturated heterocycles. The van der Waals surface area contributed by atoms with Gasteiger partial charge in [0.25, 0.3) is 0 Å². The molecule has 6 heteroatoms. The lowest BCUT2D eigenvalue weighted by Gasteiger charge is -2.35. The van der Waals surface area contributed by atoms with Gasteiger partial charge in [-0.1, -0.05) is 0 Å². The van der Waals surface area contributed by atoms with E-state index in [4.69, 9.17) is 9.47 Å². The van der Waals surface area contributed by atoms with E-state index < -0.39 is 11.7 Å². The van der Waals surface area contributed by atoms with Crippen molar-refractivity contribution in [2.24, 2.45) is 5.41 Å². The van der Waals surface area contributed by atoms with Crippen LogP contribution in [0.3, 0.4) is 0 Å². The van der Waals surface area contributed by atoms with E-state index >= 15 is 0 Å². The van der Waals surface area contributed by atoms with E-state index in [1.807, 2.05) is 0 Å². The first-order chi connectivity index (χ1) is 9.45. The molecule has 112 valence electrons. The number of benzene rings is 1. The summed E-state index contributed by atoms with van der Waals surface area (Å²) in [6.07, 6.45) is -2.60. The number of thiol groups is 1. The van der Waals surface area contributed by atoms with E-state index in [0.29, 0.717) is 31.3 Å². The molecule has 1 fully saturated rings. The van der Waals surface area contributed by atoms with Crippen molar-refractivity contribution in [3.8, 4) is 5.75 Å². The SMILES string of the molecule is FC(F)(F)c1ccc(OCC2(CS)CCOCC2)cc1. The topological polar surface area (TPSA) is 18.5 Å². The second kappa shape index (κ2) is 6.26. The van der Waals surface area contributed by atoms with Crippen molar-refractivity contribution < 1.29 is 22.6 Å². The summed E-state index contributed by atoms with van der Waals surface area (Å²) in [6, 6.07) is 4.78. The molecular weight excluding hydrogens is 289 g/mol. The molecule has 0 aromatic heterocycles. The average Bonchev–Trinajstić information content (AvgIpc) is 2.46. The molecule has 0 amide bonds. The Morgan fingerprint density at radius 3 is 2.25 bits per heavy atom. The van der Waals surface area contributed by atoms with Gasteiger partial charge in [0.1, 0.15) is 5.75 Å². The van der Waals surface area contributed by atoms with Crippen LogP contribution in [-0.4, -0.2) is 25.6 Å². The van der Waals surface area contributed by atoms with Gasteiger partial charge in [-0.05, 0) is 42.9 Å². The Hall–Kier alpha value is -0.880. The normalized spacial score (nSPS) is 18.8. The molecule has 0 spiro atoms. The summed E-state index contributed by atoms with van der Waals surface area (Å²) in [6.45, 7) is 1.80. The highest BCUT2D eigenvalue weighted by Crippen LogP contribution is 2.34. The zero-order chi connectivity index (χ0) is 14.6. The van der Waals surface area contributed by atoms with Gasteiger partial charge in [-0.2, -0.15) is 25.8 Å². The summed E-state index contributed by atoms with van der Waals surface area (Å²) in [5.74, 6) is 1.13. The first-order valence-electron chi connectivity index (χ1n) is 6.44. The molecule has 1 aromatic carbocycles. The third-order valence-electron chi connectivity index (χ3n) is 3.62. The van der Waals surface area contributed by atoms with Crippen molar-refractivity contribution in [1.29, 1.82) is 0 Å². The summed E-state index contributed by atoms with van der Waals surface area (Å²) < 4.78 is 48.3. The van der Waals surface area contributed by atoms with Crippen molar-refractivity contribution in [3.63, 3.8) is 0 Å². The molecule has 1 aliphatic rings. The van der Waals surface area contributed by atoms with Gasteiger partial charge in [-0.15, -0.1) is 0 Å². The van der Waals surface area contributed by atoms with Gasteiger partial charge in [-0.25, -0.2) is 0 Å².